The Hall–Kier alpha value is -6.76. The van der Waals surface area contributed by atoms with Crippen LogP contribution in [0.1, 0.15) is 58.9 Å². The maximum Gasteiger partial charge on any atom is 0.0812 e. The molecule has 0 unspecified atom stereocenters. The van der Waals surface area contributed by atoms with Crippen molar-refractivity contribution in [2.24, 2.45) is 0 Å². The quantitative estimate of drug-likeness (QED) is 0.179. The Morgan fingerprint density at radius 1 is 0.618 bits per heavy atom. The molecule has 0 atom stereocenters. The summed E-state index contributed by atoms with van der Waals surface area (Å²) in [6.45, 7) is 6.60. The highest BCUT2D eigenvalue weighted by atomic mass is 15.1. The molecule has 55 heavy (non-hydrogen) atoms. The van der Waals surface area contributed by atoms with Gasteiger partial charge in [-0.1, -0.05) is 67.4 Å². The van der Waals surface area contributed by atoms with E-state index in [0.29, 0.717) is 0 Å². The fourth-order valence-corrected chi connectivity index (χ4v) is 6.99. The molecule has 2 N–H and O–H groups in total. The van der Waals surface area contributed by atoms with Crippen LogP contribution in [0.5, 0.6) is 0 Å². The summed E-state index contributed by atoms with van der Waals surface area (Å²) in [6.07, 6.45) is 2.90. The third kappa shape index (κ3) is 7.54. The number of hydrogen-bond acceptors (Lipinski definition) is 4. The first-order valence-electron chi connectivity index (χ1n) is 18.6. The van der Waals surface area contributed by atoms with Crippen molar-refractivity contribution in [3.05, 3.63) is 154 Å². The average Bonchev–Trinajstić information content (AvgIpc) is 3.94. The number of H-pyrrole nitrogens is 2. The van der Waals surface area contributed by atoms with Crippen LogP contribution in [0.4, 0.5) is 11.4 Å². The van der Waals surface area contributed by atoms with Crippen molar-refractivity contribution in [1.82, 2.24) is 19.9 Å². The van der Waals surface area contributed by atoms with E-state index >= 15 is 0 Å². The molecule has 6 aromatic rings. The minimum absolute atomic E-state index is 0.183. The van der Waals surface area contributed by atoms with Crippen LogP contribution in [0.25, 0.3) is 44.8 Å². The summed E-state index contributed by atoms with van der Waals surface area (Å²) in [6, 6.07) is 38.1. The summed E-state index contributed by atoms with van der Waals surface area (Å²) in [5.74, 6) is 13.8. The second-order valence-corrected chi connectivity index (χ2v) is 15.4. The van der Waals surface area contributed by atoms with Gasteiger partial charge in [0.25, 0.3) is 0 Å². The van der Waals surface area contributed by atoms with E-state index in [1.807, 2.05) is 28.2 Å². The summed E-state index contributed by atoms with van der Waals surface area (Å²) in [5.41, 5.74) is 16.5. The van der Waals surface area contributed by atoms with Crippen molar-refractivity contribution in [2.75, 3.05) is 38.0 Å². The second-order valence-electron chi connectivity index (χ2n) is 15.4. The lowest BCUT2D eigenvalue weighted by Gasteiger charge is -2.15. The van der Waals surface area contributed by atoms with Gasteiger partial charge >= 0.3 is 0 Å². The van der Waals surface area contributed by atoms with Crippen LogP contribution in [0.3, 0.4) is 0 Å². The molecule has 0 amide bonds. The third-order valence-electron chi connectivity index (χ3n) is 10.2. The Kier molecular flexibility index (Phi) is 9.13. The van der Waals surface area contributed by atoms with Gasteiger partial charge in [-0.25, -0.2) is 4.98 Å². The molecule has 8 rings (SSSR count). The number of nitrogens with zero attached hydrogens (tertiary/aromatic N) is 4. The van der Waals surface area contributed by atoms with Gasteiger partial charge in [0.1, 0.15) is 0 Å². The van der Waals surface area contributed by atoms with Crippen molar-refractivity contribution < 1.29 is 0 Å². The maximum absolute atomic E-state index is 5.30. The molecule has 6 heteroatoms. The number of aromatic amines is 2. The number of hydrogen-bond donors (Lipinski definition) is 2. The monoisotopic (exact) mass is 716 g/mol. The smallest absolute Gasteiger partial charge is 0.0812 e. The van der Waals surface area contributed by atoms with Crippen molar-refractivity contribution in [2.45, 2.75) is 32.6 Å². The first-order chi connectivity index (χ1) is 26.5. The van der Waals surface area contributed by atoms with E-state index in [2.05, 4.69) is 179 Å². The van der Waals surface area contributed by atoms with Crippen LogP contribution < -0.4 is 9.80 Å². The van der Waals surface area contributed by atoms with Gasteiger partial charge in [0.05, 0.1) is 28.0 Å². The lowest BCUT2D eigenvalue weighted by Crippen LogP contribution is -2.14. The summed E-state index contributed by atoms with van der Waals surface area (Å²) in [5, 5.41) is 0. The number of anilines is 2. The normalized spacial score (nSPS) is 12.9. The van der Waals surface area contributed by atoms with E-state index in [1.165, 1.54) is 5.56 Å². The molecule has 2 aliphatic rings. The van der Waals surface area contributed by atoms with Crippen LogP contribution in [0.2, 0.25) is 0 Å². The fraction of sp³-hybridized carbons (Fsp3) is 0.184. The Bertz CT molecular complexity index is 2750. The highest BCUT2D eigenvalue weighted by Gasteiger charge is 2.29. The molecule has 8 bridgehead atoms. The molecule has 3 aromatic heterocycles. The summed E-state index contributed by atoms with van der Waals surface area (Å²) in [7, 11) is 8.17. The van der Waals surface area contributed by atoms with Crippen molar-refractivity contribution in [1.29, 1.82) is 0 Å². The topological polar surface area (TPSA) is 63.8 Å². The largest absolute Gasteiger partial charge is 0.378 e. The lowest BCUT2D eigenvalue weighted by atomic mass is 9.87. The highest BCUT2D eigenvalue weighted by Crippen LogP contribution is 2.35. The summed E-state index contributed by atoms with van der Waals surface area (Å²) in [4.78, 5) is 22.1. The molecule has 0 aliphatic carbocycles. The van der Waals surface area contributed by atoms with Gasteiger partial charge in [-0.3, -0.25) is 4.98 Å². The third-order valence-corrected chi connectivity index (χ3v) is 10.2. The number of nitrogens with one attached hydrogen (secondary N) is 2. The van der Waals surface area contributed by atoms with Gasteiger partial charge in [-0.15, -0.1) is 0 Å². The number of fused-ring (bicyclic) bond motifs is 8. The van der Waals surface area contributed by atoms with Crippen molar-refractivity contribution >= 4 is 45.1 Å². The lowest BCUT2D eigenvalue weighted by molar-refractivity contribution is 0.543. The Labute approximate surface area is 323 Å². The van der Waals surface area contributed by atoms with Crippen molar-refractivity contribution in [3.63, 3.8) is 0 Å². The highest BCUT2D eigenvalue weighted by molar-refractivity contribution is 5.98. The van der Waals surface area contributed by atoms with Gasteiger partial charge in [0, 0.05) is 96.0 Å². The van der Waals surface area contributed by atoms with Gasteiger partial charge in [0.2, 0.25) is 0 Å². The second kappa shape index (κ2) is 14.2. The zero-order chi connectivity index (χ0) is 38.3. The summed E-state index contributed by atoms with van der Waals surface area (Å²) >= 11 is 0. The average molecular weight is 717 g/mol. The minimum Gasteiger partial charge on any atom is -0.378 e. The number of allylic oxidation sites excluding steroid dienone is 1. The molecule has 0 radical (unpaired) electrons. The predicted octanol–water partition coefficient (Wildman–Crippen LogP) is 9.93. The van der Waals surface area contributed by atoms with Gasteiger partial charge in [-0.05, 0) is 103 Å². The van der Waals surface area contributed by atoms with Crippen LogP contribution >= 0.6 is 0 Å². The Morgan fingerprint density at radius 2 is 1.25 bits per heavy atom. The molecule has 0 fully saturated rings. The number of rotatable bonds is 3. The molecule has 3 aromatic carbocycles. The van der Waals surface area contributed by atoms with E-state index in [4.69, 9.17) is 9.97 Å². The minimum atomic E-state index is -0.183. The first-order valence-corrected chi connectivity index (χ1v) is 18.6. The Balaban J connectivity index is 1.35. The summed E-state index contributed by atoms with van der Waals surface area (Å²) < 4.78 is 0. The molecule has 0 saturated carbocycles. The van der Waals surface area contributed by atoms with Crippen molar-refractivity contribution in [3.8, 4) is 34.8 Å². The number of benzene rings is 3. The first kappa shape index (κ1) is 35.3. The molecular weight excluding hydrogens is 673 g/mol. The van der Waals surface area contributed by atoms with E-state index in [9.17, 15) is 0 Å². The molecule has 0 saturated heterocycles. The fourth-order valence-electron chi connectivity index (χ4n) is 6.99. The Morgan fingerprint density at radius 3 is 1.91 bits per heavy atom. The van der Waals surface area contributed by atoms with Crippen LogP contribution in [0, 0.1) is 30.6 Å². The van der Waals surface area contributed by atoms with Gasteiger partial charge < -0.3 is 19.8 Å². The SMILES string of the molecule is Cc1ccc(-c2c3nc(cc4nc(cc5cc(C#Cc6ccc(N(C)C)cc6)c(cc6ccc2[nH]6)[nH]5)C(C)(C)C4)C(C#Cc2ccc(N(C)C)cc2)=C3)cc1. The standard InChI is InChI=1S/C49H44N6/c1-32-8-16-35(17-9-32)48-43-25-20-38(50-43)28-44-36(18-10-33-12-21-41(22-13-33)54(4)5)26-39(51-44)30-47-49(2,3)31-40(52-47)29-45-37(27-46(48)53-45)19-11-34-14-23-42(24-15-34)55(6)7/h8-9,12-17,20-30,50-51H,31H2,1-7H3. The number of aryl methyl sites for hydroxylation is 1. The molecule has 2 aliphatic heterocycles. The van der Waals surface area contributed by atoms with E-state index in [1.54, 1.807) is 0 Å². The molecule has 270 valence electrons. The van der Waals surface area contributed by atoms with E-state index in [-0.39, 0.29) is 5.41 Å². The maximum atomic E-state index is 5.30. The molecular formula is C49H44N6. The van der Waals surface area contributed by atoms with Gasteiger partial charge in [-0.2, -0.15) is 0 Å². The zero-order valence-corrected chi connectivity index (χ0v) is 32.5. The predicted molar refractivity (Wildman–Crippen MR) is 230 cm³/mol. The molecule has 0 spiro atoms. The van der Waals surface area contributed by atoms with Crippen LogP contribution in [-0.2, 0) is 11.8 Å². The number of aromatic nitrogens is 4. The molecule has 5 heterocycles. The molecule has 6 nitrogen and oxygen atoms in total. The van der Waals surface area contributed by atoms with Crippen LogP contribution in [-0.4, -0.2) is 48.1 Å². The van der Waals surface area contributed by atoms with E-state index < -0.39 is 0 Å². The van der Waals surface area contributed by atoms with E-state index in [0.717, 1.165) is 96.0 Å². The van der Waals surface area contributed by atoms with Gasteiger partial charge in [0.15, 0.2) is 0 Å². The van der Waals surface area contributed by atoms with Crippen LogP contribution in [0.15, 0.2) is 109 Å². The zero-order valence-electron chi connectivity index (χ0n) is 32.5.